The van der Waals surface area contributed by atoms with Gasteiger partial charge in [0, 0.05) is 12.2 Å². The van der Waals surface area contributed by atoms with Gasteiger partial charge in [0.25, 0.3) is 0 Å². The molecule has 3 nitrogen and oxygen atoms in total. The molecule has 0 radical (unpaired) electrons. The smallest absolute Gasteiger partial charge is 0.359 e. The fourth-order valence-electron chi connectivity index (χ4n) is 0.878. The Bertz CT molecular complexity index is 390. The number of ether oxygens (including phenoxy) is 1. The van der Waals surface area contributed by atoms with Gasteiger partial charge in [0.05, 0.1) is 12.1 Å². The molecule has 1 aromatic heterocycles. The van der Waals surface area contributed by atoms with Gasteiger partial charge in [-0.05, 0) is 6.92 Å². The van der Waals surface area contributed by atoms with E-state index in [0.717, 1.165) is 0 Å². The van der Waals surface area contributed by atoms with Crippen LogP contribution in [0.25, 0.3) is 0 Å². The Morgan fingerprint density at radius 2 is 2.53 bits per heavy atom. The van der Waals surface area contributed by atoms with Gasteiger partial charge < -0.3 is 4.74 Å². The molecule has 0 aliphatic rings. The quantitative estimate of drug-likeness (QED) is 0.500. The van der Waals surface area contributed by atoms with Crippen LogP contribution >= 0.6 is 24.0 Å². The van der Waals surface area contributed by atoms with Crippen molar-refractivity contribution in [2.24, 2.45) is 0 Å². The molecule has 80 valence electrons. The first kappa shape index (κ1) is 12.1. The molecule has 0 aliphatic heterocycles. The van der Waals surface area contributed by atoms with E-state index >= 15 is 0 Å². The lowest BCUT2D eigenvalue weighted by molar-refractivity contribution is 0.0520. The van der Waals surface area contributed by atoms with Crippen molar-refractivity contribution in [3.8, 4) is 11.8 Å². The Labute approximate surface area is 98.3 Å². The average Bonchev–Trinajstić information content (AvgIpc) is 2.67. The van der Waals surface area contributed by atoms with Crippen LogP contribution in [0.1, 0.15) is 28.7 Å². The van der Waals surface area contributed by atoms with Crippen LogP contribution in [0.5, 0.6) is 0 Å². The van der Waals surface area contributed by atoms with E-state index in [-0.39, 0.29) is 0 Å². The summed E-state index contributed by atoms with van der Waals surface area (Å²) in [5.41, 5.74) is 1.91. The van der Waals surface area contributed by atoms with Gasteiger partial charge in [0.15, 0.2) is 5.69 Å². The maximum Gasteiger partial charge on any atom is 0.359 e. The Morgan fingerprint density at radius 3 is 3.20 bits per heavy atom. The Balaban J connectivity index is 2.78. The van der Waals surface area contributed by atoms with Gasteiger partial charge in [-0.25, -0.2) is 9.78 Å². The third-order valence-corrected chi connectivity index (χ3v) is 2.44. The van der Waals surface area contributed by atoms with Crippen molar-refractivity contribution < 1.29 is 9.53 Å². The van der Waals surface area contributed by atoms with E-state index in [9.17, 15) is 4.79 Å². The minimum atomic E-state index is -0.408. The largest absolute Gasteiger partial charge is 0.461 e. The highest BCUT2D eigenvalue weighted by Gasteiger charge is 2.13. The molecule has 0 atom stereocenters. The molecule has 0 saturated heterocycles. The molecule has 0 aromatic carbocycles. The van der Waals surface area contributed by atoms with Crippen molar-refractivity contribution in [3.05, 3.63) is 16.1 Å². The summed E-state index contributed by atoms with van der Waals surface area (Å²) in [6.07, 6.45) is 0.698. The zero-order valence-corrected chi connectivity index (χ0v) is 10.0. The topological polar surface area (TPSA) is 39.2 Å². The summed E-state index contributed by atoms with van der Waals surface area (Å²) in [5, 5.41) is 0. The molecule has 1 aromatic rings. The highest BCUT2D eigenvalue weighted by atomic mass is 32.1. The van der Waals surface area contributed by atoms with Crippen LogP contribution in [0.3, 0.4) is 0 Å². The first-order valence-electron chi connectivity index (χ1n) is 4.50. The third-order valence-electron chi connectivity index (χ3n) is 1.47. The average molecular weight is 241 g/mol. The van der Waals surface area contributed by atoms with Crippen molar-refractivity contribution in [1.29, 1.82) is 0 Å². The minimum Gasteiger partial charge on any atom is -0.461 e. The van der Waals surface area contributed by atoms with Crippen molar-refractivity contribution in [2.45, 2.75) is 13.3 Å². The van der Waals surface area contributed by atoms with Crippen LogP contribution in [-0.2, 0) is 4.74 Å². The van der Waals surface area contributed by atoms with Gasteiger partial charge in [-0.2, -0.15) is 12.6 Å². The van der Waals surface area contributed by atoms with Crippen LogP contribution in [0.2, 0.25) is 0 Å². The minimum absolute atomic E-state index is 0.313. The molecule has 15 heavy (non-hydrogen) atoms. The zero-order valence-electron chi connectivity index (χ0n) is 8.32. The Morgan fingerprint density at radius 1 is 1.73 bits per heavy atom. The molecular formula is C10H11NO2S2. The second-order valence-electron chi connectivity index (χ2n) is 2.53. The molecule has 0 bridgehead atoms. The third kappa shape index (κ3) is 3.57. The molecule has 5 heteroatoms. The van der Waals surface area contributed by atoms with Crippen LogP contribution in [0.15, 0.2) is 5.51 Å². The molecule has 0 amide bonds. The number of hydrogen-bond acceptors (Lipinski definition) is 5. The van der Waals surface area contributed by atoms with Gasteiger partial charge in [-0.1, -0.05) is 11.8 Å². The fraction of sp³-hybridized carbons (Fsp3) is 0.400. The van der Waals surface area contributed by atoms with E-state index in [1.807, 2.05) is 0 Å². The Hall–Kier alpha value is -0.990. The highest BCUT2D eigenvalue weighted by molar-refractivity contribution is 7.80. The van der Waals surface area contributed by atoms with E-state index in [2.05, 4.69) is 29.5 Å². The van der Waals surface area contributed by atoms with Crippen LogP contribution < -0.4 is 0 Å². The number of hydrogen-bond donors (Lipinski definition) is 1. The number of rotatable bonds is 3. The number of nitrogens with zero attached hydrogens (tertiary/aromatic N) is 1. The highest BCUT2D eigenvalue weighted by Crippen LogP contribution is 2.12. The number of thiazole rings is 1. The molecular weight excluding hydrogens is 230 g/mol. The summed E-state index contributed by atoms with van der Waals surface area (Å²) >= 11 is 5.39. The maximum absolute atomic E-state index is 11.4. The van der Waals surface area contributed by atoms with Gasteiger partial charge in [0.2, 0.25) is 0 Å². The molecule has 0 unspecified atom stereocenters. The fourth-order valence-corrected chi connectivity index (χ4v) is 1.63. The molecule has 0 saturated carbocycles. The van der Waals surface area contributed by atoms with Crippen molar-refractivity contribution in [3.63, 3.8) is 0 Å². The first-order valence-corrected chi connectivity index (χ1v) is 6.01. The van der Waals surface area contributed by atoms with Crippen molar-refractivity contribution >= 4 is 29.9 Å². The van der Waals surface area contributed by atoms with E-state index in [1.54, 1.807) is 12.4 Å². The molecule has 1 heterocycles. The van der Waals surface area contributed by atoms with Crippen molar-refractivity contribution in [1.82, 2.24) is 4.98 Å². The number of carbonyl (C=O) groups is 1. The predicted octanol–water partition coefficient (Wildman–Crippen LogP) is 1.99. The first-order chi connectivity index (χ1) is 7.29. The number of aromatic nitrogens is 1. The summed E-state index contributed by atoms with van der Waals surface area (Å²) in [4.78, 5) is 16.0. The second-order valence-corrected chi connectivity index (χ2v) is 3.83. The molecule has 0 fully saturated rings. The summed E-state index contributed by atoms with van der Waals surface area (Å²) < 4.78 is 4.86. The normalized spacial score (nSPS) is 9.20. The summed E-state index contributed by atoms with van der Waals surface area (Å²) in [5.74, 6) is 6.10. The summed E-state index contributed by atoms with van der Waals surface area (Å²) in [7, 11) is 0. The zero-order chi connectivity index (χ0) is 11.1. The van der Waals surface area contributed by atoms with E-state index in [4.69, 9.17) is 4.74 Å². The van der Waals surface area contributed by atoms with Gasteiger partial charge in [0.1, 0.15) is 4.88 Å². The van der Waals surface area contributed by atoms with Crippen LogP contribution in [-0.4, -0.2) is 23.3 Å². The van der Waals surface area contributed by atoms with E-state index in [1.165, 1.54) is 11.3 Å². The lowest BCUT2D eigenvalue weighted by Crippen LogP contribution is -2.06. The summed E-state index contributed by atoms with van der Waals surface area (Å²) in [6, 6.07) is 0. The van der Waals surface area contributed by atoms with E-state index < -0.39 is 5.97 Å². The van der Waals surface area contributed by atoms with Crippen LogP contribution in [0, 0.1) is 11.8 Å². The Kier molecular flexibility index (Phi) is 5.22. The number of carbonyl (C=O) groups excluding carboxylic acids is 1. The molecule has 0 N–H and O–H groups in total. The van der Waals surface area contributed by atoms with Gasteiger partial charge in [-0.3, -0.25) is 0 Å². The van der Waals surface area contributed by atoms with Gasteiger partial charge in [-0.15, -0.1) is 11.3 Å². The number of thiol groups is 1. The second kappa shape index (κ2) is 6.49. The lowest BCUT2D eigenvalue weighted by Gasteiger charge is -1.97. The lowest BCUT2D eigenvalue weighted by atomic mass is 10.3. The molecule has 1 rings (SSSR count). The standard InChI is InChI=1S/C10H11NO2S2/c1-2-13-10(12)9-8(15-7-11-9)5-3-4-6-14/h7,14H,2,4,6H2,1H3. The predicted molar refractivity (Wildman–Crippen MR) is 63.4 cm³/mol. The summed E-state index contributed by atoms with van der Waals surface area (Å²) in [6.45, 7) is 2.11. The van der Waals surface area contributed by atoms with E-state index in [0.29, 0.717) is 29.4 Å². The molecule has 0 spiro atoms. The number of esters is 1. The molecule has 0 aliphatic carbocycles. The van der Waals surface area contributed by atoms with Crippen molar-refractivity contribution in [2.75, 3.05) is 12.4 Å². The van der Waals surface area contributed by atoms with Crippen LogP contribution in [0.4, 0.5) is 0 Å². The SMILES string of the molecule is CCOC(=O)c1ncsc1C#CCCS. The monoisotopic (exact) mass is 241 g/mol. The maximum atomic E-state index is 11.4. The van der Waals surface area contributed by atoms with Gasteiger partial charge >= 0.3 is 5.97 Å².